The molecule has 152 valence electrons. The SMILES string of the molecule is CS(=O)(=O)c1cccc(NC(=O)c2c3ccccc3nn2CC2CCCOC2)c1. The lowest BCUT2D eigenvalue weighted by Crippen LogP contribution is -2.26. The van der Waals surface area contributed by atoms with E-state index in [2.05, 4.69) is 10.4 Å². The summed E-state index contributed by atoms with van der Waals surface area (Å²) in [5, 5.41) is 8.23. The fourth-order valence-corrected chi connectivity index (χ4v) is 4.31. The van der Waals surface area contributed by atoms with Crippen LogP contribution < -0.4 is 5.32 Å². The Labute approximate surface area is 169 Å². The van der Waals surface area contributed by atoms with E-state index >= 15 is 0 Å². The molecule has 1 atom stereocenters. The minimum absolute atomic E-state index is 0.160. The number of sulfone groups is 1. The summed E-state index contributed by atoms with van der Waals surface area (Å²) in [4.78, 5) is 13.3. The number of aromatic nitrogens is 2. The first-order valence-electron chi connectivity index (χ1n) is 9.56. The largest absolute Gasteiger partial charge is 0.381 e. The Morgan fingerprint density at radius 2 is 2.07 bits per heavy atom. The van der Waals surface area contributed by atoms with Crippen LogP contribution in [-0.2, 0) is 21.1 Å². The summed E-state index contributed by atoms with van der Waals surface area (Å²) in [6.07, 6.45) is 3.18. The molecule has 0 saturated carbocycles. The fraction of sp³-hybridized carbons (Fsp3) is 0.333. The van der Waals surface area contributed by atoms with Crippen LogP contribution in [0.15, 0.2) is 53.4 Å². The zero-order valence-electron chi connectivity index (χ0n) is 16.2. The zero-order valence-corrected chi connectivity index (χ0v) is 17.0. The number of ether oxygens (including phenoxy) is 1. The molecule has 29 heavy (non-hydrogen) atoms. The average molecular weight is 413 g/mol. The molecular formula is C21H23N3O4S. The molecule has 1 aliphatic rings. The van der Waals surface area contributed by atoms with Crippen molar-refractivity contribution in [3.05, 3.63) is 54.2 Å². The molecule has 3 aromatic rings. The van der Waals surface area contributed by atoms with Gasteiger partial charge in [0, 0.05) is 36.4 Å². The van der Waals surface area contributed by atoms with E-state index in [4.69, 9.17) is 4.74 Å². The van der Waals surface area contributed by atoms with E-state index in [0.717, 1.165) is 36.6 Å². The lowest BCUT2D eigenvalue weighted by molar-refractivity contribution is 0.0466. The number of nitrogens with zero attached hydrogens (tertiary/aromatic N) is 2. The molecule has 0 radical (unpaired) electrons. The molecule has 1 aromatic heterocycles. The molecule has 4 rings (SSSR count). The van der Waals surface area contributed by atoms with Gasteiger partial charge in [0.05, 0.1) is 17.0 Å². The van der Waals surface area contributed by atoms with E-state index < -0.39 is 9.84 Å². The van der Waals surface area contributed by atoms with E-state index in [0.29, 0.717) is 30.5 Å². The van der Waals surface area contributed by atoms with Crippen LogP contribution >= 0.6 is 0 Å². The maximum Gasteiger partial charge on any atom is 0.274 e. The van der Waals surface area contributed by atoms with Crippen molar-refractivity contribution in [3.63, 3.8) is 0 Å². The van der Waals surface area contributed by atoms with E-state index in [9.17, 15) is 13.2 Å². The van der Waals surface area contributed by atoms with E-state index in [1.54, 1.807) is 16.8 Å². The Hall–Kier alpha value is -2.71. The van der Waals surface area contributed by atoms with Crippen LogP contribution in [0.25, 0.3) is 10.9 Å². The summed E-state index contributed by atoms with van der Waals surface area (Å²) in [5.74, 6) is -0.0146. The Balaban J connectivity index is 1.67. The maximum absolute atomic E-state index is 13.2. The van der Waals surface area contributed by atoms with Crippen molar-refractivity contribution in [2.45, 2.75) is 24.3 Å². The highest BCUT2D eigenvalue weighted by Gasteiger charge is 2.22. The molecule has 1 unspecified atom stereocenters. The molecule has 1 aliphatic heterocycles. The average Bonchev–Trinajstić information content (AvgIpc) is 3.06. The van der Waals surface area contributed by atoms with Crippen LogP contribution in [0, 0.1) is 5.92 Å². The first kappa shape index (κ1) is 19.6. The Kier molecular flexibility index (Phi) is 5.38. The Morgan fingerprint density at radius 3 is 2.83 bits per heavy atom. The third kappa shape index (κ3) is 4.33. The third-order valence-corrected chi connectivity index (χ3v) is 6.18. The molecule has 1 saturated heterocycles. The molecule has 2 aromatic carbocycles. The normalized spacial score (nSPS) is 17.3. The molecule has 1 amide bonds. The first-order chi connectivity index (χ1) is 13.9. The van der Waals surface area contributed by atoms with Gasteiger partial charge < -0.3 is 10.1 Å². The minimum atomic E-state index is -3.36. The van der Waals surface area contributed by atoms with Crippen molar-refractivity contribution in [2.75, 3.05) is 24.8 Å². The Bertz CT molecular complexity index is 1150. The van der Waals surface area contributed by atoms with Gasteiger partial charge in [-0.15, -0.1) is 0 Å². The molecule has 1 fully saturated rings. The lowest BCUT2D eigenvalue weighted by Gasteiger charge is -2.22. The molecule has 0 aliphatic carbocycles. The first-order valence-corrected chi connectivity index (χ1v) is 11.5. The second kappa shape index (κ2) is 7.96. The van der Waals surface area contributed by atoms with Gasteiger partial charge >= 0.3 is 0 Å². The number of nitrogens with one attached hydrogen (secondary N) is 1. The van der Waals surface area contributed by atoms with Crippen LogP contribution in [-0.4, -0.2) is 43.6 Å². The van der Waals surface area contributed by atoms with Crippen molar-refractivity contribution in [1.82, 2.24) is 9.78 Å². The quantitative estimate of drug-likeness (QED) is 0.694. The second-order valence-electron chi connectivity index (χ2n) is 7.39. The summed E-state index contributed by atoms with van der Waals surface area (Å²) in [5.41, 5.74) is 1.64. The van der Waals surface area contributed by atoms with Gasteiger partial charge in [-0.3, -0.25) is 9.48 Å². The number of fused-ring (bicyclic) bond motifs is 1. The molecular weight excluding hydrogens is 390 g/mol. The van der Waals surface area contributed by atoms with Crippen molar-refractivity contribution >= 4 is 32.3 Å². The van der Waals surface area contributed by atoms with Crippen LogP contribution in [0.4, 0.5) is 5.69 Å². The van der Waals surface area contributed by atoms with Crippen LogP contribution in [0.3, 0.4) is 0 Å². The Morgan fingerprint density at radius 1 is 1.24 bits per heavy atom. The number of amides is 1. The maximum atomic E-state index is 13.2. The summed E-state index contributed by atoms with van der Waals surface area (Å²) >= 11 is 0. The molecule has 7 nitrogen and oxygen atoms in total. The van der Waals surface area contributed by atoms with Crippen molar-refractivity contribution in [3.8, 4) is 0 Å². The van der Waals surface area contributed by atoms with Crippen LogP contribution in [0.1, 0.15) is 23.3 Å². The number of carbonyl (C=O) groups is 1. The summed E-state index contributed by atoms with van der Waals surface area (Å²) in [7, 11) is -3.36. The minimum Gasteiger partial charge on any atom is -0.381 e. The van der Waals surface area contributed by atoms with Crippen molar-refractivity contribution in [1.29, 1.82) is 0 Å². The van der Waals surface area contributed by atoms with Gasteiger partial charge in [-0.05, 0) is 37.1 Å². The highest BCUT2D eigenvalue weighted by molar-refractivity contribution is 7.90. The van der Waals surface area contributed by atoms with Crippen LogP contribution in [0.2, 0.25) is 0 Å². The van der Waals surface area contributed by atoms with Gasteiger partial charge in [0.25, 0.3) is 5.91 Å². The second-order valence-corrected chi connectivity index (χ2v) is 9.40. The number of hydrogen-bond donors (Lipinski definition) is 1. The molecule has 0 bridgehead atoms. The molecule has 8 heteroatoms. The number of benzene rings is 2. The predicted molar refractivity (Wildman–Crippen MR) is 111 cm³/mol. The standard InChI is InChI=1S/C21H23N3O4S/c1-29(26,27)17-8-4-7-16(12-17)22-21(25)20-18-9-2-3-10-19(18)23-24(20)13-15-6-5-11-28-14-15/h2-4,7-10,12,15H,5-6,11,13-14H2,1H3,(H,22,25). The van der Waals surface area contributed by atoms with Gasteiger partial charge in [0.2, 0.25) is 0 Å². The molecule has 0 spiro atoms. The highest BCUT2D eigenvalue weighted by Crippen LogP contribution is 2.24. The van der Waals surface area contributed by atoms with Gasteiger partial charge in [-0.1, -0.05) is 24.3 Å². The monoisotopic (exact) mass is 413 g/mol. The van der Waals surface area contributed by atoms with E-state index in [1.807, 2.05) is 24.3 Å². The smallest absolute Gasteiger partial charge is 0.274 e. The number of anilines is 1. The van der Waals surface area contributed by atoms with Crippen molar-refractivity contribution < 1.29 is 17.9 Å². The van der Waals surface area contributed by atoms with Crippen molar-refractivity contribution in [2.24, 2.45) is 5.92 Å². The fourth-order valence-electron chi connectivity index (χ4n) is 3.64. The number of carbonyl (C=O) groups excluding carboxylic acids is 1. The van der Waals surface area contributed by atoms with Gasteiger partial charge in [0.1, 0.15) is 5.69 Å². The molecule has 1 N–H and O–H groups in total. The topological polar surface area (TPSA) is 90.3 Å². The van der Waals surface area contributed by atoms with E-state index in [-0.39, 0.29) is 10.8 Å². The number of hydrogen-bond acceptors (Lipinski definition) is 5. The molecule has 2 heterocycles. The third-order valence-electron chi connectivity index (χ3n) is 5.07. The summed E-state index contributed by atoms with van der Waals surface area (Å²) < 4.78 is 30.9. The zero-order chi connectivity index (χ0) is 20.4. The summed E-state index contributed by atoms with van der Waals surface area (Å²) in [6.45, 7) is 2.04. The van der Waals surface area contributed by atoms with Gasteiger partial charge in [0.15, 0.2) is 9.84 Å². The predicted octanol–water partition coefficient (Wildman–Crippen LogP) is 3.12. The number of rotatable bonds is 5. The highest BCUT2D eigenvalue weighted by atomic mass is 32.2. The van der Waals surface area contributed by atoms with E-state index in [1.165, 1.54) is 12.1 Å². The van der Waals surface area contributed by atoms with Gasteiger partial charge in [-0.2, -0.15) is 5.10 Å². The summed E-state index contributed by atoms with van der Waals surface area (Å²) in [6, 6.07) is 13.8. The van der Waals surface area contributed by atoms with Crippen LogP contribution in [0.5, 0.6) is 0 Å². The lowest BCUT2D eigenvalue weighted by atomic mass is 10.0. The van der Waals surface area contributed by atoms with Gasteiger partial charge in [-0.25, -0.2) is 8.42 Å².